The van der Waals surface area contributed by atoms with Crippen molar-refractivity contribution in [2.24, 2.45) is 0 Å². The van der Waals surface area contributed by atoms with E-state index in [2.05, 4.69) is 19.9 Å². The van der Waals surface area contributed by atoms with Crippen LogP contribution >= 0.6 is 11.6 Å². The molecule has 0 saturated carbocycles. The standard InChI is InChI=1S/C13H9ClF3N5O/c1-7-20-9(6-23-7)12-21-10(13(15,16)17)4-22(12)5-11-18-2-8(14)3-19-11/h2-4,6H,5H2,1H3. The predicted molar refractivity (Wildman–Crippen MR) is 73.6 cm³/mol. The van der Waals surface area contributed by atoms with Crippen LogP contribution in [-0.4, -0.2) is 24.5 Å². The first-order chi connectivity index (χ1) is 10.8. The molecular weight excluding hydrogens is 335 g/mol. The highest BCUT2D eigenvalue weighted by atomic mass is 35.5. The summed E-state index contributed by atoms with van der Waals surface area (Å²) >= 11 is 5.69. The van der Waals surface area contributed by atoms with Crippen molar-refractivity contribution < 1.29 is 17.6 Å². The Labute approximate surface area is 133 Å². The van der Waals surface area contributed by atoms with Crippen LogP contribution in [0.2, 0.25) is 5.02 Å². The normalized spacial score (nSPS) is 11.9. The monoisotopic (exact) mass is 343 g/mol. The molecule has 10 heteroatoms. The fraction of sp³-hybridized carbons (Fsp3) is 0.231. The molecule has 0 aromatic carbocycles. The molecule has 6 nitrogen and oxygen atoms in total. The van der Waals surface area contributed by atoms with Crippen molar-refractivity contribution in [3.8, 4) is 11.5 Å². The van der Waals surface area contributed by atoms with Crippen molar-refractivity contribution in [3.63, 3.8) is 0 Å². The minimum atomic E-state index is -4.57. The maximum atomic E-state index is 12.9. The smallest absolute Gasteiger partial charge is 0.434 e. The van der Waals surface area contributed by atoms with Crippen LogP contribution in [0.5, 0.6) is 0 Å². The molecule has 0 aliphatic rings. The average Bonchev–Trinajstić information content (AvgIpc) is 3.07. The number of nitrogens with zero attached hydrogens (tertiary/aromatic N) is 5. The van der Waals surface area contributed by atoms with Crippen LogP contribution in [0.3, 0.4) is 0 Å². The fourth-order valence-electron chi connectivity index (χ4n) is 1.92. The van der Waals surface area contributed by atoms with Gasteiger partial charge in [0.1, 0.15) is 17.8 Å². The molecule has 0 amide bonds. The molecule has 0 saturated heterocycles. The number of rotatable bonds is 3. The quantitative estimate of drug-likeness (QED) is 0.729. The second-order valence-corrected chi connectivity index (χ2v) is 5.08. The van der Waals surface area contributed by atoms with Gasteiger partial charge in [0.05, 0.1) is 11.6 Å². The maximum Gasteiger partial charge on any atom is 0.434 e. The molecule has 0 radical (unpaired) electrons. The lowest BCUT2D eigenvalue weighted by atomic mass is 10.4. The zero-order chi connectivity index (χ0) is 16.6. The third kappa shape index (κ3) is 3.34. The maximum absolute atomic E-state index is 12.9. The zero-order valence-electron chi connectivity index (χ0n) is 11.7. The van der Waals surface area contributed by atoms with E-state index in [0.717, 1.165) is 6.20 Å². The van der Waals surface area contributed by atoms with Crippen molar-refractivity contribution >= 4 is 11.6 Å². The molecule has 0 atom stereocenters. The first-order valence-corrected chi connectivity index (χ1v) is 6.74. The Balaban J connectivity index is 2.03. The van der Waals surface area contributed by atoms with Gasteiger partial charge in [-0.05, 0) is 0 Å². The van der Waals surface area contributed by atoms with E-state index in [4.69, 9.17) is 16.0 Å². The Hall–Kier alpha value is -2.42. The fourth-order valence-corrected chi connectivity index (χ4v) is 2.01. The van der Waals surface area contributed by atoms with E-state index >= 15 is 0 Å². The van der Waals surface area contributed by atoms with Crippen molar-refractivity contribution in [1.82, 2.24) is 24.5 Å². The van der Waals surface area contributed by atoms with Gasteiger partial charge < -0.3 is 8.98 Å². The largest absolute Gasteiger partial charge is 0.449 e. The van der Waals surface area contributed by atoms with E-state index in [-0.39, 0.29) is 18.1 Å². The number of hydrogen-bond acceptors (Lipinski definition) is 5. The van der Waals surface area contributed by atoms with Crippen LogP contribution in [0.25, 0.3) is 11.5 Å². The average molecular weight is 344 g/mol. The van der Waals surface area contributed by atoms with Gasteiger partial charge in [0.25, 0.3) is 0 Å². The highest BCUT2D eigenvalue weighted by Gasteiger charge is 2.35. The van der Waals surface area contributed by atoms with Crippen molar-refractivity contribution in [1.29, 1.82) is 0 Å². The van der Waals surface area contributed by atoms with Gasteiger partial charge in [0.2, 0.25) is 0 Å². The van der Waals surface area contributed by atoms with Gasteiger partial charge in [-0.3, -0.25) is 0 Å². The van der Waals surface area contributed by atoms with Crippen molar-refractivity contribution in [3.05, 3.63) is 47.3 Å². The minimum absolute atomic E-state index is 0.0124. The summed E-state index contributed by atoms with van der Waals surface area (Å²) in [7, 11) is 0. The van der Waals surface area contributed by atoms with Gasteiger partial charge in [-0.2, -0.15) is 13.2 Å². The molecule has 120 valence electrons. The topological polar surface area (TPSA) is 69.6 Å². The van der Waals surface area contributed by atoms with Gasteiger partial charge in [-0.15, -0.1) is 0 Å². The summed E-state index contributed by atoms with van der Waals surface area (Å²) < 4.78 is 45.1. The van der Waals surface area contributed by atoms with E-state index < -0.39 is 11.9 Å². The molecule has 0 fully saturated rings. The Morgan fingerprint density at radius 2 is 1.91 bits per heavy atom. The molecule has 23 heavy (non-hydrogen) atoms. The molecule has 3 heterocycles. The molecule has 0 bridgehead atoms. The van der Waals surface area contributed by atoms with Crippen LogP contribution in [-0.2, 0) is 12.7 Å². The second kappa shape index (κ2) is 5.65. The number of alkyl halides is 3. The summed E-state index contributed by atoms with van der Waals surface area (Å²) in [6.45, 7) is 1.57. The van der Waals surface area contributed by atoms with E-state index in [1.807, 2.05) is 0 Å². The SMILES string of the molecule is Cc1nc(-c2nc(C(F)(F)F)cn2Cc2ncc(Cl)cn2)co1. The highest BCUT2D eigenvalue weighted by molar-refractivity contribution is 6.30. The predicted octanol–water partition coefficient (Wildman–Crippen LogP) is 3.36. The van der Waals surface area contributed by atoms with E-state index in [9.17, 15) is 13.2 Å². The van der Waals surface area contributed by atoms with Crippen LogP contribution in [0, 0.1) is 6.92 Å². The van der Waals surface area contributed by atoms with Crippen LogP contribution in [0.4, 0.5) is 13.2 Å². The highest BCUT2D eigenvalue weighted by Crippen LogP contribution is 2.31. The molecular formula is C13H9ClF3N5O. The third-order valence-corrected chi connectivity index (χ3v) is 3.10. The second-order valence-electron chi connectivity index (χ2n) is 4.64. The summed E-state index contributed by atoms with van der Waals surface area (Å²) in [5.41, 5.74) is -0.825. The zero-order valence-corrected chi connectivity index (χ0v) is 12.4. The molecule has 0 aliphatic heterocycles. The van der Waals surface area contributed by atoms with Crippen molar-refractivity contribution in [2.75, 3.05) is 0 Å². The molecule has 0 aliphatic carbocycles. The number of halogens is 4. The number of aromatic nitrogens is 5. The van der Waals surface area contributed by atoms with Crippen LogP contribution < -0.4 is 0 Å². The van der Waals surface area contributed by atoms with Gasteiger partial charge in [-0.1, -0.05) is 11.6 Å². The van der Waals surface area contributed by atoms with Gasteiger partial charge in [0.15, 0.2) is 17.4 Å². The number of imidazole rings is 1. The Morgan fingerprint density at radius 1 is 1.22 bits per heavy atom. The summed E-state index contributed by atoms with van der Waals surface area (Å²) in [4.78, 5) is 15.6. The molecule has 3 aromatic rings. The first kappa shape index (κ1) is 15.5. The molecule has 3 rings (SSSR count). The van der Waals surface area contributed by atoms with Crippen LogP contribution in [0.15, 0.2) is 29.3 Å². The van der Waals surface area contributed by atoms with Gasteiger partial charge >= 0.3 is 6.18 Å². The molecule has 0 N–H and O–H groups in total. The Morgan fingerprint density at radius 3 is 2.48 bits per heavy atom. The van der Waals surface area contributed by atoms with Gasteiger partial charge in [-0.25, -0.2) is 19.9 Å². The Bertz CT molecular complexity index is 825. The summed E-state index contributed by atoms with van der Waals surface area (Å²) in [5.74, 6) is 0.639. The van der Waals surface area contributed by atoms with Crippen LogP contribution in [0.1, 0.15) is 17.4 Å². The van der Waals surface area contributed by atoms with E-state index in [1.54, 1.807) is 6.92 Å². The lowest BCUT2D eigenvalue weighted by molar-refractivity contribution is -0.140. The van der Waals surface area contributed by atoms with E-state index in [1.165, 1.54) is 23.2 Å². The third-order valence-electron chi connectivity index (χ3n) is 2.90. The lowest BCUT2D eigenvalue weighted by Gasteiger charge is -2.04. The minimum Gasteiger partial charge on any atom is -0.449 e. The summed E-state index contributed by atoms with van der Waals surface area (Å²) in [6.07, 6.45) is 0.296. The Kier molecular flexibility index (Phi) is 3.80. The first-order valence-electron chi connectivity index (χ1n) is 6.36. The molecule has 0 spiro atoms. The van der Waals surface area contributed by atoms with E-state index in [0.29, 0.717) is 16.7 Å². The summed E-state index contributed by atoms with van der Waals surface area (Å²) in [6, 6.07) is 0. The lowest BCUT2D eigenvalue weighted by Crippen LogP contribution is -2.06. The molecule has 3 aromatic heterocycles. The number of aryl methyl sites for hydroxylation is 1. The summed E-state index contributed by atoms with van der Waals surface area (Å²) in [5, 5.41) is 0.336. The van der Waals surface area contributed by atoms with Gasteiger partial charge in [0, 0.05) is 25.5 Å². The number of oxazole rings is 1. The molecule has 0 unspecified atom stereocenters. The number of hydrogen-bond donors (Lipinski definition) is 0. The van der Waals surface area contributed by atoms with Crippen molar-refractivity contribution in [2.45, 2.75) is 19.6 Å².